The van der Waals surface area contributed by atoms with Crippen molar-refractivity contribution in [2.45, 2.75) is 19.8 Å². The Balaban J connectivity index is 1.82. The molecule has 0 radical (unpaired) electrons. The average molecular weight is 275 g/mol. The number of benzene rings is 2. The first kappa shape index (κ1) is 13.5. The van der Waals surface area contributed by atoms with Crippen molar-refractivity contribution < 1.29 is 4.79 Å². The highest BCUT2D eigenvalue weighted by Gasteiger charge is 2.08. The van der Waals surface area contributed by atoms with Gasteiger partial charge in [-0.15, -0.1) is 0 Å². The van der Waals surface area contributed by atoms with Crippen molar-refractivity contribution in [1.82, 2.24) is 4.98 Å². The summed E-state index contributed by atoms with van der Waals surface area (Å²) in [6.45, 7) is 1.99. The molecular formula is C19H17NO. The van der Waals surface area contributed by atoms with E-state index in [1.807, 2.05) is 49.4 Å². The SMILES string of the molecule is Cc1ccc2cccc(CCC(=O)c3ccccc3)c2n1. The molecule has 1 aromatic heterocycles. The average Bonchev–Trinajstić information content (AvgIpc) is 2.53. The second-order valence-electron chi connectivity index (χ2n) is 5.23. The van der Waals surface area contributed by atoms with Crippen LogP contribution in [0.3, 0.4) is 0 Å². The number of carbonyl (C=O) groups excluding carboxylic acids is 1. The molecular weight excluding hydrogens is 258 g/mol. The fourth-order valence-electron chi connectivity index (χ4n) is 2.52. The minimum Gasteiger partial charge on any atom is -0.294 e. The van der Waals surface area contributed by atoms with E-state index in [1.165, 1.54) is 0 Å². The number of aromatic nitrogens is 1. The normalized spacial score (nSPS) is 10.7. The summed E-state index contributed by atoms with van der Waals surface area (Å²) < 4.78 is 0. The molecule has 0 fully saturated rings. The molecule has 0 aliphatic heterocycles. The van der Waals surface area contributed by atoms with E-state index in [0.717, 1.165) is 34.1 Å². The number of hydrogen-bond acceptors (Lipinski definition) is 2. The fourth-order valence-corrected chi connectivity index (χ4v) is 2.52. The second kappa shape index (κ2) is 5.88. The Morgan fingerprint density at radius 1 is 0.952 bits per heavy atom. The summed E-state index contributed by atoms with van der Waals surface area (Å²) in [5.41, 5.74) is 3.94. The van der Waals surface area contributed by atoms with Crippen molar-refractivity contribution in [3.8, 4) is 0 Å². The summed E-state index contributed by atoms with van der Waals surface area (Å²) in [4.78, 5) is 16.8. The summed E-state index contributed by atoms with van der Waals surface area (Å²) in [5.74, 6) is 0.181. The van der Waals surface area contributed by atoms with Gasteiger partial charge in [0, 0.05) is 23.1 Å². The first-order valence-electron chi connectivity index (χ1n) is 7.17. The zero-order chi connectivity index (χ0) is 14.7. The van der Waals surface area contributed by atoms with E-state index in [4.69, 9.17) is 0 Å². The van der Waals surface area contributed by atoms with E-state index in [0.29, 0.717) is 6.42 Å². The van der Waals surface area contributed by atoms with Crippen LogP contribution in [-0.2, 0) is 6.42 Å². The monoisotopic (exact) mass is 275 g/mol. The molecule has 0 spiro atoms. The van der Waals surface area contributed by atoms with Crippen LogP contribution in [0.5, 0.6) is 0 Å². The number of carbonyl (C=O) groups is 1. The quantitative estimate of drug-likeness (QED) is 0.662. The van der Waals surface area contributed by atoms with Crippen molar-refractivity contribution in [2.75, 3.05) is 0 Å². The van der Waals surface area contributed by atoms with Gasteiger partial charge in [-0.2, -0.15) is 0 Å². The van der Waals surface area contributed by atoms with Gasteiger partial charge in [-0.3, -0.25) is 9.78 Å². The van der Waals surface area contributed by atoms with E-state index in [2.05, 4.69) is 23.2 Å². The maximum absolute atomic E-state index is 12.2. The zero-order valence-electron chi connectivity index (χ0n) is 12.0. The number of Topliss-reactive ketones (excluding diaryl/α,β-unsaturated/α-hetero) is 1. The maximum atomic E-state index is 12.2. The minimum atomic E-state index is 0.181. The van der Waals surface area contributed by atoms with Gasteiger partial charge < -0.3 is 0 Å². The number of nitrogens with zero attached hydrogens (tertiary/aromatic N) is 1. The standard InChI is InChI=1S/C19H17NO/c1-14-10-11-16-8-5-9-17(19(16)20-14)12-13-18(21)15-6-3-2-4-7-15/h2-11H,12-13H2,1H3. The molecule has 0 atom stereocenters. The lowest BCUT2D eigenvalue weighted by Gasteiger charge is -2.06. The Bertz CT molecular complexity index is 778. The molecule has 0 N–H and O–H groups in total. The van der Waals surface area contributed by atoms with Crippen LogP contribution in [0.15, 0.2) is 60.7 Å². The first-order chi connectivity index (χ1) is 10.2. The molecule has 0 aliphatic rings. The number of pyridine rings is 1. The highest BCUT2D eigenvalue weighted by atomic mass is 16.1. The molecule has 0 saturated carbocycles. The fraction of sp³-hybridized carbons (Fsp3) is 0.158. The summed E-state index contributed by atoms with van der Waals surface area (Å²) in [5, 5.41) is 1.13. The van der Waals surface area contributed by atoms with Gasteiger partial charge in [-0.1, -0.05) is 54.6 Å². The van der Waals surface area contributed by atoms with E-state index in [-0.39, 0.29) is 5.78 Å². The number of fused-ring (bicyclic) bond motifs is 1. The van der Waals surface area contributed by atoms with Crippen LogP contribution in [0, 0.1) is 6.92 Å². The van der Waals surface area contributed by atoms with Crippen molar-refractivity contribution in [1.29, 1.82) is 0 Å². The molecule has 3 aromatic rings. The van der Waals surface area contributed by atoms with Crippen LogP contribution in [0.2, 0.25) is 0 Å². The summed E-state index contributed by atoms with van der Waals surface area (Å²) >= 11 is 0. The largest absolute Gasteiger partial charge is 0.294 e. The molecule has 0 bridgehead atoms. The van der Waals surface area contributed by atoms with Crippen molar-refractivity contribution in [3.05, 3.63) is 77.5 Å². The van der Waals surface area contributed by atoms with Crippen LogP contribution in [0.4, 0.5) is 0 Å². The van der Waals surface area contributed by atoms with Crippen LogP contribution in [0.25, 0.3) is 10.9 Å². The number of hydrogen-bond donors (Lipinski definition) is 0. The Kier molecular flexibility index (Phi) is 3.78. The Morgan fingerprint density at radius 2 is 1.76 bits per heavy atom. The van der Waals surface area contributed by atoms with Gasteiger partial charge in [0.05, 0.1) is 5.52 Å². The molecule has 2 aromatic carbocycles. The lowest BCUT2D eigenvalue weighted by molar-refractivity contribution is 0.0983. The number of rotatable bonds is 4. The third-order valence-corrected chi connectivity index (χ3v) is 3.66. The van der Waals surface area contributed by atoms with Gasteiger partial charge in [0.1, 0.15) is 0 Å². The molecule has 0 unspecified atom stereocenters. The highest BCUT2D eigenvalue weighted by molar-refractivity contribution is 5.96. The molecule has 0 amide bonds. The second-order valence-corrected chi connectivity index (χ2v) is 5.23. The van der Waals surface area contributed by atoms with Crippen molar-refractivity contribution in [2.24, 2.45) is 0 Å². The van der Waals surface area contributed by atoms with Crippen LogP contribution < -0.4 is 0 Å². The topological polar surface area (TPSA) is 30.0 Å². The van der Waals surface area contributed by atoms with Crippen LogP contribution in [-0.4, -0.2) is 10.8 Å². The maximum Gasteiger partial charge on any atom is 0.163 e. The van der Waals surface area contributed by atoms with Gasteiger partial charge in [0.2, 0.25) is 0 Å². The minimum absolute atomic E-state index is 0.181. The van der Waals surface area contributed by atoms with Gasteiger partial charge in [0.25, 0.3) is 0 Å². The molecule has 0 saturated heterocycles. The van der Waals surface area contributed by atoms with Crippen LogP contribution in [0.1, 0.15) is 28.0 Å². The van der Waals surface area contributed by atoms with Gasteiger partial charge >= 0.3 is 0 Å². The molecule has 21 heavy (non-hydrogen) atoms. The Morgan fingerprint density at radius 3 is 2.57 bits per heavy atom. The third-order valence-electron chi connectivity index (χ3n) is 3.66. The van der Waals surface area contributed by atoms with Gasteiger partial charge in [-0.25, -0.2) is 0 Å². The third kappa shape index (κ3) is 3.00. The van der Waals surface area contributed by atoms with E-state index >= 15 is 0 Å². The lowest BCUT2D eigenvalue weighted by Crippen LogP contribution is -2.01. The lowest BCUT2D eigenvalue weighted by atomic mass is 10.0. The predicted octanol–water partition coefficient (Wildman–Crippen LogP) is 4.36. The summed E-state index contributed by atoms with van der Waals surface area (Å²) in [6, 6.07) is 19.7. The van der Waals surface area contributed by atoms with E-state index < -0.39 is 0 Å². The molecule has 104 valence electrons. The van der Waals surface area contributed by atoms with Crippen LogP contribution >= 0.6 is 0 Å². The molecule has 1 heterocycles. The number of aryl methyl sites for hydroxylation is 2. The Labute approximate surface area is 124 Å². The summed E-state index contributed by atoms with van der Waals surface area (Å²) in [6.07, 6.45) is 1.24. The van der Waals surface area contributed by atoms with Gasteiger partial charge in [-0.05, 0) is 25.0 Å². The van der Waals surface area contributed by atoms with Crippen molar-refractivity contribution >= 4 is 16.7 Å². The zero-order valence-corrected chi connectivity index (χ0v) is 12.0. The van der Waals surface area contributed by atoms with Gasteiger partial charge in [0.15, 0.2) is 5.78 Å². The molecule has 2 heteroatoms. The molecule has 3 rings (SSSR count). The molecule has 0 aliphatic carbocycles. The highest BCUT2D eigenvalue weighted by Crippen LogP contribution is 2.19. The molecule has 2 nitrogen and oxygen atoms in total. The number of ketones is 1. The first-order valence-corrected chi connectivity index (χ1v) is 7.17. The Hall–Kier alpha value is -2.48. The van der Waals surface area contributed by atoms with E-state index in [9.17, 15) is 4.79 Å². The van der Waals surface area contributed by atoms with E-state index in [1.54, 1.807) is 0 Å². The predicted molar refractivity (Wildman–Crippen MR) is 85.6 cm³/mol. The smallest absolute Gasteiger partial charge is 0.163 e. The van der Waals surface area contributed by atoms with Crippen molar-refractivity contribution in [3.63, 3.8) is 0 Å². The number of para-hydroxylation sites is 1. The summed E-state index contributed by atoms with van der Waals surface area (Å²) in [7, 11) is 0.